The van der Waals surface area contributed by atoms with Crippen LogP contribution >= 0.6 is 0 Å². The third-order valence-corrected chi connectivity index (χ3v) is 3.09. The Morgan fingerprint density at radius 1 is 1.11 bits per heavy atom. The van der Waals surface area contributed by atoms with Crippen LogP contribution in [0.25, 0.3) is 6.08 Å². The van der Waals surface area contributed by atoms with Crippen molar-refractivity contribution in [3.8, 4) is 5.75 Å². The van der Waals surface area contributed by atoms with E-state index in [1.54, 1.807) is 7.11 Å². The van der Waals surface area contributed by atoms with Gasteiger partial charge in [0.2, 0.25) is 5.78 Å². The van der Waals surface area contributed by atoms with Crippen LogP contribution in [-0.4, -0.2) is 12.9 Å². The quantitative estimate of drug-likeness (QED) is 0.832. The fraction of sp³-hybridized carbons (Fsp3) is 0.0625. The molecule has 1 heterocycles. The molecule has 0 amide bonds. The van der Waals surface area contributed by atoms with Crippen LogP contribution in [0.4, 0.5) is 5.69 Å². The molecule has 0 bridgehead atoms. The number of carbonyl (C=O) groups excluding carboxylic acids is 1. The number of methoxy groups -OCH3 is 1. The summed E-state index contributed by atoms with van der Waals surface area (Å²) < 4.78 is 5.17. The van der Waals surface area contributed by atoms with Crippen molar-refractivity contribution in [2.75, 3.05) is 12.4 Å². The second-order valence-corrected chi connectivity index (χ2v) is 4.33. The molecule has 0 saturated heterocycles. The minimum Gasteiger partial charge on any atom is -0.497 e. The van der Waals surface area contributed by atoms with Gasteiger partial charge in [-0.15, -0.1) is 0 Å². The van der Waals surface area contributed by atoms with Crippen molar-refractivity contribution in [2.45, 2.75) is 0 Å². The van der Waals surface area contributed by atoms with Gasteiger partial charge < -0.3 is 10.1 Å². The average molecular weight is 251 g/mol. The molecule has 0 saturated carbocycles. The van der Waals surface area contributed by atoms with E-state index < -0.39 is 0 Å². The van der Waals surface area contributed by atoms with E-state index in [1.165, 1.54) is 0 Å². The van der Waals surface area contributed by atoms with Gasteiger partial charge in [-0.1, -0.05) is 24.3 Å². The molecule has 3 nitrogen and oxygen atoms in total. The summed E-state index contributed by atoms with van der Waals surface area (Å²) in [6, 6.07) is 15.1. The minimum absolute atomic E-state index is 0.0263. The number of rotatable bonds is 2. The SMILES string of the molecule is COc1cccc(/C=C2\Nc3ccccc3C2=O)c1. The zero-order valence-electron chi connectivity index (χ0n) is 10.5. The maximum Gasteiger partial charge on any atom is 0.211 e. The van der Waals surface area contributed by atoms with Crippen LogP contribution in [0.15, 0.2) is 54.2 Å². The number of Topliss-reactive ketones (excluding diaryl/α,β-unsaturated/α-hetero) is 1. The summed E-state index contributed by atoms with van der Waals surface area (Å²) in [6.45, 7) is 0. The highest BCUT2D eigenvalue weighted by atomic mass is 16.5. The van der Waals surface area contributed by atoms with Crippen molar-refractivity contribution in [1.82, 2.24) is 0 Å². The van der Waals surface area contributed by atoms with Gasteiger partial charge >= 0.3 is 0 Å². The van der Waals surface area contributed by atoms with E-state index in [0.717, 1.165) is 22.6 Å². The lowest BCUT2D eigenvalue weighted by atomic mass is 10.1. The first-order chi connectivity index (χ1) is 9.28. The molecule has 0 unspecified atom stereocenters. The molecule has 2 aromatic carbocycles. The fourth-order valence-electron chi connectivity index (χ4n) is 2.14. The van der Waals surface area contributed by atoms with Crippen LogP contribution in [-0.2, 0) is 0 Å². The molecule has 0 atom stereocenters. The molecule has 0 fully saturated rings. The second kappa shape index (κ2) is 4.61. The first kappa shape index (κ1) is 11.5. The Bertz CT molecular complexity index is 674. The van der Waals surface area contributed by atoms with Crippen LogP contribution in [0.3, 0.4) is 0 Å². The zero-order valence-corrected chi connectivity index (χ0v) is 10.5. The number of para-hydroxylation sites is 1. The summed E-state index contributed by atoms with van der Waals surface area (Å²) >= 11 is 0. The Hall–Kier alpha value is -2.55. The molecule has 2 aromatic rings. The Labute approximate surface area is 111 Å². The summed E-state index contributed by atoms with van der Waals surface area (Å²) in [4.78, 5) is 12.2. The minimum atomic E-state index is 0.0263. The molecule has 0 spiro atoms. The normalized spacial score (nSPS) is 15.2. The maximum atomic E-state index is 12.2. The number of anilines is 1. The van der Waals surface area contributed by atoms with Gasteiger partial charge in [0, 0.05) is 11.3 Å². The molecule has 1 aliphatic rings. The van der Waals surface area contributed by atoms with Crippen molar-refractivity contribution < 1.29 is 9.53 Å². The van der Waals surface area contributed by atoms with Crippen LogP contribution in [0.5, 0.6) is 5.75 Å². The van der Waals surface area contributed by atoms with Crippen molar-refractivity contribution in [3.05, 3.63) is 65.4 Å². The molecule has 0 radical (unpaired) electrons. The summed E-state index contributed by atoms with van der Waals surface area (Å²) in [5, 5.41) is 3.14. The Morgan fingerprint density at radius 2 is 1.95 bits per heavy atom. The zero-order chi connectivity index (χ0) is 13.2. The number of allylic oxidation sites excluding steroid dienone is 1. The maximum absolute atomic E-state index is 12.2. The lowest BCUT2D eigenvalue weighted by Crippen LogP contribution is -1.99. The van der Waals surface area contributed by atoms with Crippen LogP contribution in [0.2, 0.25) is 0 Å². The number of nitrogens with one attached hydrogen (secondary N) is 1. The lowest BCUT2D eigenvalue weighted by Gasteiger charge is -2.02. The fourth-order valence-corrected chi connectivity index (χ4v) is 2.14. The van der Waals surface area contributed by atoms with Gasteiger partial charge in [0.1, 0.15) is 5.75 Å². The Balaban J connectivity index is 1.96. The number of hydrogen-bond donors (Lipinski definition) is 1. The molecular weight excluding hydrogens is 238 g/mol. The molecule has 3 heteroatoms. The van der Waals surface area contributed by atoms with Crippen molar-refractivity contribution in [1.29, 1.82) is 0 Å². The van der Waals surface area contributed by atoms with Crippen LogP contribution in [0, 0.1) is 0 Å². The number of ether oxygens (including phenoxy) is 1. The Kier molecular flexibility index (Phi) is 2.80. The predicted molar refractivity (Wildman–Crippen MR) is 75.4 cm³/mol. The van der Waals surface area contributed by atoms with Gasteiger partial charge in [-0.3, -0.25) is 4.79 Å². The lowest BCUT2D eigenvalue weighted by molar-refractivity contribution is 0.104. The largest absolute Gasteiger partial charge is 0.497 e. The molecule has 0 aliphatic carbocycles. The molecule has 1 aliphatic heterocycles. The summed E-state index contributed by atoms with van der Waals surface area (Å²) in [6.07, 6.45) is 1.84. The topological polar surface area (TPSA) is 38.3 Å². The van der Waals surface area contributed by atoms with Gasteiger partial charge in [-0.2, -0.15) is 0 Å². The van der Waals surface area contributed by atoms with Crippen molar-refractivity contribution in [3.63, 3.8) is 0 Å². The number of benzene rings is 2. The third kappa shape index (κ3) is 2.10. The van der Waals surface area contributed by atoms with E-state index in [-0.39, 0.29) is 5.78 Å². The number of carbonyl (C=O) groups is 1. The standard InChI is InChI=1S/C16H13NO2/c1-19-12-6-4-5-11(9-12)10-15-16(18)13-7-2-3-8-14(13)17-15/h2-10,17H,1H3/b15-10-. The third-order valence-electron chi connectivity index (χ3n) is 3.09. The summed E-state index contributed by atoms with van der Waals surface area (Å²) in [5.74, 6) is 0.802. The highest BCUT2D eigenvalue weighted by Crippen LogP contribution is 2.28. The summed E-state index contributed by atoms with van der Waals surface area (Å²) in [7, 11) is 1.63. The van der Waals surface area contributed by atoms with E-state index in [1.807, 2.05) is 54.6 Å². The van der Waals surface area contributed by atoms with Gasteiger partial charge in [0.15, 0.2) is 0 Å². The van der Waals surface area contributed by atoms with Crippen molar-refractivity contribution >= 4 is 17.5 Å². The van der Waals surface area contributed by atoms with Gasteiger partial charge in [-0.05, 0) is 35.9 Å². The van der Waals surface area contributed by atoms with E-state index >= 15 is 0 Å². The highest BCUT2D eigenvalue weighted by molar-refractivity contribution is 6.20. The van der Waals surface area contributed by atoms with Gasteiger partial charge in [0.25, 0.3) is 0 Å². The van der Waals surface area contributed by atoms with E-state index in [0.29, 0.717) is 5.70 Å². The number of ketones is 1. The number of hydrogen-bond acceptors (Lipinski definition) is 3. The molecule has 3 rings (SSSR count). The highest BCUT2D eigenvalue weighted by Gasteiger charge is 2.23. The monoisotopic (exact) mass is 251 g/mol. The molecule has 1 N–H and O–H groups in total. The Morgan fingerprint density at radius 3 is 2.74 bits per heavy atom. The molecular formula is C16H13NO2. The van der Waals surface area contributed by atoms with Gasteiger partial charge in [0.05, 0.1) is 12.8 Å². The molecule has 19 heavy (non-hydrogen) atoms. The molecule has 94 valence electrons. The van der Waals surface area contributed by atoms with E-state index in [4.69, 9.17) is 4.74 Å². The first-order valence-corrected chi connectivity index (χ1v) is 6.04. The number of fused-ring (bicyclic) bond motifs is 1. The van der Waals surface area contributed by atoms with Gasteiger partial charge in [-0.25, -0.2) is 0 Å². The first-order valence-electron chi connectivity index (χ1n) is 6.04. The predicted octanol–water partition coefficient (Wildman–Crippen LogP) is 3.34. The summed E-state index contributed by atoms with van der Waals surface area (Å²) in [5.41, 5.74) is 3.11. The smallest absolute Gasteiger partial charge is 0.211 e. The van der Waals surface area contributed by atoms with E-state index in [2.05, 4.69) is 5.32 Å². The van der Waals surface area contributed by atoms with E-state index in [9.17, 15) is 4.79 Å². The van der Waals surface area contributed by atoms with Crippen LogP contribution < -0.4 is 10.1 Å². The van der Waals surface area contributed by atoms with Crippen LogP contribution in [0.1, 0.15) is 15.9 Å². The van der Waals surface area contributed by atoms with Crippen molar-refractivity contribution in [2.24, 2.45) is 0 Å². The second-order valence-electron chi connectivity index (χ2n) is 4.33. The average Bonchev–Trinajstić information content (AvgIpc) is 2.76. The molecule has 0 aromatic heterocycles.